The molecule has 1 aromatic carbocycles. The van der Waals surface area contributed by atoms with Crippen molar-refractivity contribution in [3.8, 4) is 0 Å². The fourth-order valence-electron chi connectivity index (χ4n) is 1.25. The molecule has 1 heterocycles. The second-order valence-electron chi connectivity index (χ2n) is 3.33. The molecule has 0 N–H and O–H groups in total. The smallest absolute Gasteiger partial charge is 0.130 e. The Hall–Kier alpha value is -1.06. The zero-order valence-electron chi connectivity index (χ0n) is 8.58. The van der Waals surface area contributed by atoms with Crippen LogP contribution >= 0.6 is 23.4 Å². The Balaban J connectivity index is 2.30. The van der Waals surface area contributed by atoms with Gasteiger partial charge in [-0.1, -0.05) is 29.4 Å². The van der Waals surface area contributed by atoms with Crippen molar-refractivity contribution in [2.24, 2.45) is 0 Å². The molecule has 0 radical (unpaired) electrons. The Morgan fingerprint density at radius 3 is 2.88 bits per heavy atom. The fraction of sp³-hybridized carbons (Fsp3) is 0.0833. The molecular formula is C12H9ClFNS. The molecule has 1 aromatic heterocycles. The summed E-state index contributed by atoms with van der Waals surface area (Å²) in [5.41, 5.74) is 1.03. The van der Waals surface area contributed by atoms with Crippen LogP contribution < -0.4 is 0 Å². The average Bonchev–Trinajstić information content (AvgIpc) is 2.24. The van der Waals surface area contributed by atoms with Crippen molar-refractivity contribution in [3.05, 3.63) is 53.1 Å². The maximum absolute atomic E-state index is 13.0. The van der Waals surface area contributed by atoms with Gasteiger partial charge in [-0.05, 0) is 36.8 Å². The van der Waals surface area contributed by atoms with Gasteiger partial charge in [-0.15, -0.1) is 0 Å². The van der Waals surface area contributed by atoms with Gasteiger partial charge in [0.25, 0.3) is 0 Å². The van der Waals surface area contributed by atoms with Gasteiger partial charge in [-0.25, -0.2) is 9.37 Å². The van der Waals surface area contributed by atoms with Gasteiger partial charge < -0.3 is 0 Å². The van der Waals surface area contributed by atoms with Gasteiger partial charge in [0.1, 0.15) is 11.0 Å². The zero-order valence-corrected chi connectivity index (χ0v) is 10.1. The van der Waals surface area contributed by atoms with Crippen molar-refractivity contribution in [3.63, 3.8) is 0 Å². The number of aryl methyl sites for hydroxylation is 1. The number of nitrogens with zero attached hydrogens (tertiary/aromatic N) is 1. The van der Waals surface area contributed by atoms with Gasteiger partial charge in [-0.2, -0.15) is 0 Å². The highest BCUT2D eigenvalue weighted by molar-refractivity contribution is 7.99. The number of hydrogen-bond donors (Lipinski definition) is 0. The van der Waals surface area contributed by atoms with Crippen molar-refractivity contribution < 1.29 is 4.39 Å². The van der Waals surface area contributed by atoms with Crippen LogP contribution in [0.1, 0.15) is 5.56 Å². The molecule has 0 aliphatic rings. The molecule has 0 fully saturated rings. The lowest BCUT2D eigenvalue weighted by Crippen LogP contribution is -1.84. The molecule has 4 heteroatoms. The Kier molecular flexibility index (Phi) is 3.46. The molecule has 0 unspecified atom stereocenters. The van der Waals surface area contributed by atoms with E-state index in [1.807, 2.05) is 13.0 Å². The highest BCUT2D eigenvalue weighted by Gasteiger charge is 2.03. The molecule has 0 bridgehead atoms. The second kappa shape index (κ2) is 4.85. The summed E-state index contributed by atoms with van der Waals surface area (Å²) < 4.78 is 13.0. The molecule has 1 nitrogen and oxygen atoms in total. The number of aromatic nitrogens is 1. The first-order valence-corrected chi connectivity index (χ1v) is 5.90. The quantitative estimate of drug-likeness (QED) is 0.739. The van der Waals surface area contributed by atoms with Crippen molar-refractivity contribution in [1.82, 2.24) is 4.98 Å². The standard InChI is InChI=1S/C12H9ClFNS/c1-8-7-15-12(13)6-11(8)16-10-4-2-3-9(14)5-10/h2-7H,1H3. The van der Waals surface area contributed by atoms with E-state index in [1.165, 1.54) is 23.9 Å². The summed E-state index contributed by atoms with van der Waals surface area (Å²) in [7, 11) is 0. The Labute approximate surface area is 103 Å². The topological polar surface area (TPSA) is 12.9 Å². The van der Waals surface area contributed by atoms with Crippen LogP contribution in [0.2, 0.25) is 5.15 Å². The Morgan fingerprint density at radius 1 is 1.31 bits per heavy atom. The average molecular weight is 254 g/mol. The lowest BCUT2D eigenvalue weighted by molar-refractivity contribution is 0.624. The molecule has 0 saturated carbocycles. The third-order valence-corrected chi connectivity index (χ3v) is 3.40. The molecule has 0 aliphatic carbocycles. The number of pyridine rings is 1. The highest BCUT2D eigenvalue weighted by atomic mass is 35.5. The summed E-state index contributed by atoms with van der Waals surface area (Å²) in [6.45, 7) is 1.95. The van der Waals surface area contributed by atoms with Crippen molar-refractivity contribution in [2.75, 3.05) is 0 Å². The molecule has 0 atom stereocenters. The first-order valence-electron chi connectivity index (χ1n) is 4.71. The lowest BCUT2D eigenvalue weighted by Gasteiger charge is -2.05. The third kappa shape index (κ3) is 2.74. The monoisotopic (exact) mass is 253 g/mol. The minimum atomic E-state index is -0.234. The molecule has 16 heavy (non-hydrogen) atoms. The molecule has 82 valence electrons. The lowest BCUT2D eigenvalue weighted by atomic mass is 10.3. The Bertz CT molecular complexity index is 516. The molecular weight excluding hydrogens is 245 g/mol. The summed E-state index contributed by atoms with van der Waals surface area (Å²) in [5, 5.41) is 0.449. The number of halogens is 2. The van der Waals surface area contributed by atoms with Crippen LogP contribution in [0.5, 0.6) is 0 Å². The summed E-state index contributed by atoms with van der Waals surface area (Å²) in [6, 6.07) is 8.26. The van der Waals surface area contributed by atoms with Gasteiger partial charge in [0.05, 0.1) is 0 Å². The van der Waals surface area contributed by atoms with E-state index in [2.05, 4.69) is 4.98 Å². The van der Waals surface area contributed by atoms with Crippen molar-refractivity contribution in [1.29, 1.82) is 0 Å². The van der Waals surface area contributed by atoms with E-state index in [0.29, 0.717) is 5.15 Å². The normalized spacial score (nSPS) is 10.4. The zero-order chi connectivity index (χ0) is 11.5. The number of rotatable bonds is 2. The largest absolute Gasteiger partial charge is 0.244 e. The molecule has 2 aromatic rings. The van der Waals surface area contributed by atoms with Crippen LogP contribution in [-0.2, 0) is 0 Å². The van der Waals surface area contributed by atoms with Crippen LogP contribution in [0.15, 0.2) is 46.3 Å². The van der Waals surface area contributed by atoms with Crippen LogP contribution in [0.4, 0.5) is 4.39 Å². The first-order chi connectivity index (χ1) is 7.65. The minimum Gasteiger partial charge on any atom is -0.244 e. The summed E-state index contributed by atoms with van der Waals surface area (Å²) in [4.78, 5) is 5.82. The van der Waals surface area contributed by atoms with Gasteiger partial charge in [-0.3, -0.25) is 0 Å². The van der Waals surface area contributed by atoms with Crippen LogP contribution in [0.3, 0.4) is 0 Å². The Morgan fingerprint density at radius 2 is 2.12 bits per heavy atom. The maximum atomic E-state index is 13.0. The van der Waals surface area contributed by atoms with Gasteiger partial charge >= 0.3 is 0 Å². The van der Waals surface area contributed by atoms with E-state index >= 15 is 0 Å². The van der Waals surface area contributed by atoms with E-state index in [4.69, 9.17) is 11.6 Å². The maximum Gasteiger partial charge on any atom is 0.130 e. The van der Waals surface area contributed by atoms with Gasteiger partial charge in [0, 0.05) is 16.0 Å². The van der Waals surface area contributed by atoms with E-state index in [1.54, 1.807) is 18.3 Å². The molecule has 0 spiro atoms. The van der Waals surface area contributed by atoms with Crippen LogP contribution in [-0.4, -0.2) is 4.98 Å². The highest BCUT2D eigenvalue weighted by Crippen LogP contribution is 2.31. The summed E-state index contributed by atoms with van der Waals surface area (Å²) in [6.07, 6.45) is 1.71. The van der Waals surface area contributed by atoms with E-state index < -0.39 is 0 Å². The fourth-order valence-corrected chi connectivity index (χ4v) is 2.43. The second-order valence-corrected chi connectivity index (χ2v) is 4.83. The predicted octanol–water partition coefficient (Wildman–Crippen LogP) is 4.33. The van der Waals surface area contributed by atoms with Gasteiger partial charge in [0.15, 0.2) is 0 Å². The van der Waals surface area contributed by atoms with Crippen molar-refractivity contribution >= 4 is 23.4 Å². The SMILES string of the molecule is Cc1cnc(Cl)cc1Sc1cccc(F)c1. The van der Waals surface area contributed by atoms with Crippen molar-refractivity contribution in [2.45, 2.75) is 16.7 Å². The summed E-state index contributed by atoms with van der Waals surface area (Å²) in [5.74, 6) is -0.234. The predicted molar refractivity (Wildman–Crippen MR) is 64.5 cm³/mol. The van der Waals surface area contributed by atoms with E-state index in [0.717, 1.165) is 15.4 Å². The van der Waals surface area contributed by atoms with E-state index in [-0.39, 0.29) is 5.82 Å². The summed E-state index contributed by atoms with van der Waals surface area (Å²) >= 11 is 7.29. The molecule has 0 amide bonds. The number of benzene rings is 1. The third-order valence-electron chi connectivity index (χ3n) is 2.04. The molecule has 0 aliphatic heterocycles. The number of hydrogen-bond acceptors (Lipinski definition) is 2. The van der Waals surface area contributed by atoms with Crippen LogP contribution in [0, 0.1) is 12.7 Å². The van der Waals surface area contributed by atoms with Gasteiger partial charge in [0.2, 0.25) is 0 Å². The molecule has 0 saturated heterocycles. The first kappa shape index (κ1) is 11.4. The van der Waals surface area contributed by atoms with E-state index in [9.17, 15) is 4.39 Å². The van der Waals surface area contributed by atoms with Crippen LogP contribution in [0.25, 0.3) is 0 Å². The minimum absolute atomic E-state index is 0.234. The molecule has 2 rings (SSSR count).